The molecule has 8 heteroatoms. The highest BCUT2D eigenvalue weighted by molar-refractivity contribution is 5.71. The number of aliphatic hydroxyl groups is 1. The molecule has 1 saturated heterocycles. The van der Waals surface area contributed by atoms with Crippen LogP contribution in [0.5, 0.6) is 0 Å². The lowest BCUT2D eigenvalue weighted by Gasteiger charge is -2.32. The molecule has 2 aliphatic heterocycles. The summed E-state index contributed by atoms with van der Waals surface area (Å²) in [5.74, 6) is -0.368. The number of cyclic esters (lactones) is 1. The number of allylic oxidation sites excluding steroid dienone is 1. The molecule has 2 heterocycles. The minimum Gasteiger partial charge on any atom is -0.442 e. The third kappa shape index (κ3) is 2.78. The zero-order valence-corrected chi connectivity index (χ0v) is 12.4. The van der Waals surface area contributed by atoms with Crippen LogP contribution in [-0.4, -0.2) is 77.8 Å². The summed E-state index contributed by atoms with van der Waals surface area (Å²) in [6.07, 6.45) is 4.29. The fourth-order valence-corrected chi connectivity index (χ4v) is 2.73. The van der Waals surface area contributed by atoms with Crippen molar-refractivity contribution in [2.75, 3.05) is 33.3 Å². The van der Waals surface area contributed by atoms with Crippen LogP contribution >= 0.6 is 0 Å². The molecule has 7 nitrogen and oxygen atoms in total. The van der Waals surface area contributed by atoms with E-state index in [0.717, 1.165) is 6.54 Å². The lowest BCUT2D eigenvalue weighted by atomic mass is 10.0. The number of amides is 1. The Labute approximate surface area is 127 Å². The molecular weight excluding hydrogens is 291 g/mol. The van der Waals surface area contributed by atoms with E-state index in [0.29, 0.717) is 18.7 Å². The van der Waals surface area contributed by atoms with E-state index in [4.69, 9.17) is 9.84 Å². The normalized spacial score (nSPS) is 28.7. The molecule has 0 aromatic rings. The number of ether oxygens (including phenoxy) is 1. The van der Waals surface area contributed by atoms with Crippen LogP contribution < -0.4 is 0 Å². The lowest BCUT2D eigenvalue weighted by Crippen LogP contribution is -2.39. The maximum Gasteiger partial charge on any atom is 0.410 e. The third-order valence-corrected chi connectivity index (χ3v) is 4.00. The summed E-state index contributed by atoms with van der Waals surface area (Å²) in [4.78, 5) is 15.0. The molecule has 1 amide bonds. The number of carbonyl (C=O) groups is 1. The van der Waals surface area contributed by atoms with E-state index in [-0.39, 0.29) is 25.0 Å². The molecule has 2 unspecified atom stereocenters. The van der Waals surface area contributed by atoms with Gasteiger partial charge in [-0.2, -0.15) is 5.10 Å². The average molecular weight is 310 g/mol. The van der Waals surface area contributed by atoms with Gasteiger partial charge in [0.05, 0.1) is 31.4 Å². The van der Waals surface area contributed by atoms with Crippen molar-refractivity contribution >= 4 is 12.4 Å². The summed E-state index contributed by atoms with van der Waals surface area (Å²) in [6.45, 7) is 1.44. The predicted molar refractivity (Wildman–Crippen MR) is 77.6 cm³/mol. The first-order valence-electron chi connectivity index (χ1n) is 7.26. The molecule has 0 bridgehead atoms. The van der Waals surface area contributed by atoms with Crippen LogP contribution in [0.25, 0.3) is 0 Å². The Bertz CT molecular complexity index is 548. The van der Waals surface area contributed by atoms with Crippen molar-refractivity contribution in [3.63, 3.8) is 0 Å². The summed E-state index contributed by atoms with van der Waals surface area (Å²) in [5.41, 5.74) is 0.486. The van der Waals surface area contributed by atoms with E-state index >= 15 is 0 Å². The van der Waals surface area contributed by atoms with Gasteiger partial charge in [-0.3, -0.25) is 9.91 Å². The van der Waals surface area contributed by atoms with Crippen molar-refractivity contribution in [3.05, 3.63) is 23.7 Å². The Balaban J connectivity index is 1.69. The van der Waals surface area contributed by atoms with Crippen LogP contribution in [0, 0.1) is 0 Å². The minimum absolute atomic E-state index is 0.222. The fourth-order valence-electron chi connectivity index (χ4n) is 2.73. The molecular formula is C14H19FN4O3. The number of hydrogen-bond donors (Lipinski definition) is 1. The van der Waals surface area contributed by atoms with Gasteiger partial charge in [-0.25, -0.2) is 9.18 Å². The van der Waals surface area contributed by atoms with Crippen molar-refractivity contribution in [1.82, 2.24) is 14.8 Å². The number of hydrazone groups is 1. The molecule has 2 atom stereocenters. The van der Waals surface area contributed by atoms with Crippen molar-refractivity contribution < 1.29 is 19.0 Å². The van der Waals surface area contributed by atoms with Gasteiger partial charge >= 0.3 is 6.09 Å². The number of aliphatic hydroxyl groups excluding tert-OH is 1. The zero-order chi connectivity index (χ0) is 15.7. The largest absolute Gasteiger partial charge is 0.442 e. The summed E-state index contributed by atoms with van der Waals surface area (Å²) >= 11 is 0. The lowest BCUT2D eigenvalue weighted by molar-refractivity contribution is 0.0944. The number of nitrogens with zero attached hydrogens (tertiary/aromatic N) is 4. The van der Waals surface area contributed by atoms with Crippen molar-refractivity contribution in [1.29, 1.82) is 0 Å². The maximum absolute atomic E-state index is 14.4. The second-order valence-corrected chi connectivity index (χ2v) is 5.55. The fraction of sp³-hybridized carbons (Fsp3) is 0.571. The Kier molecular flexibility index (Phi) is 4.02. The SMILES string of the molecule is CN1CCN(C2=CCC(N3CC(CO)OC3=O)C=C2F)C=N1. The van der Waals surface area contributed by atoms with Crippen molar-refractivity contribution in [2.24, 2.45) is 5.10 Å². The summed E-state index contributed by atoms with van der Waals surface area (Å²) < 4.78 is 19.4. The second-order valence-electron chi connectivity index (χ2n) is 5.55. The Morgan fingerprint density at radius 3 is 2.91 bits per heavy atom. The van der Waals surface area contributed by atoms with Crippen molar-refractivity contribution in [2.45, 2.75) is 18.6 Å². The molecule has 3 aliphatic rings. The van der Waals surface area contributed by atoms with Gasteiger partial charge in [-0.15, -0.1) is 0 Å². The number of rotatable bonds is 3. The smallest absolute Gasteiger partial charge is 0.410 e. The Hall–Kier alpha value is -2.09. The summed E-state index contributed by atoms with van der Waals surface area (Å²) in [7, 11) is 1.86. The highest BCUT2D eigenvalue weighted by atomic mass is 19.1. The van der Waals surface area contributed by atoms with Crippen LogP contribution in [0.1, 0.15) is 6.42 Å². The van der Waals surface area contributed by atoms with Gasteiger partial charge in [-0.05, 0) is 12.5 Å². The highest BCUT2D eigenvalue weighted by Crippen LogP contribution is 2.28. The van der Waals surface area contributed by atoms with Gasteiger partial charge in [0.25, 0.3) is 0 Å². The summed E-state index contributed by atoms with van der Waals surface area (Å²) in [6, 6.07) is -0.378. The molecule has 0 aromatic carbocycles. The first-order chi connectivity index (χ1) is 10.6. The van der Waals surface area contributed by atoms with E-state index in [9.17, 15) is 9.18 Å². The predicted octanol–water partition coefficient (Wildman–Crippen LogP) is 0.500. The molecule has 0 spiro atoms. The molecule has 1 N–H and O–H groups in total. The zero-order valence-electron chi connectivity index (χ0n) is 12.4. The monoisotopic (exact) mass is 310 g/mol. The first-order valence-corrected chi connectivity index (χ1v) is 7.26. The van der Waals surface area contributed by atoms with E-state index < -0.39 is 12.2 Å². The van der Waals surface area contributed by atoms with E-state index in [1.54, 1.807) is 22.3 Å². The molecule has 120 valence electrons. The first kappa shape index (κ1) is 14.8. The topological polar surface area (TPSA) is 68.6 Å². The van der Waals surface area contributed by atoms with Gasteiger partial charge in [-0.1, -0.05) is 6.08 Å². The summed E-state index contributed by atoms with van der Waals surface area (Å²) in [5, 5.41) is 15.0. The minimum atomic E-state index is -0.529. The molecule has 1 fully saturated rings. The number of hydrogen-bond acceptors (Lipinski definition) is 6. The number of likely N-dealkylation sites (N-methyl/N-ethyl adjacent to an activating group) is 1. The van der Waals surface area contributed by atoms with Crippen molar-refractivity contribution in [3.8, 4) is 0 Å². The Morgan fingerprint density at radius 2 is 2.32 bits per heavy atom. The van der Waals surface area contributed by atoms with Crippen LogP contribution in [0.2, 0.25) is 0 Å². The molecule has 3 rings (SSSR count). The van der Waals surface area contributed by atoms with Crippen LogP contribution in [-0.2, 0) is 4.74 Å². The molecule has 0 aromatic heterocycles. The molecule has 22 heavy (non-hydrogen) atoms. The number of carbonyl (C=O) groups excluding carboxylic acids is 1. The van der Waals surface area contributed by atoms with E-state index in [1.165, 1.54) is 11.0 Å². The number of halogens is 1. The van der Waals surface area contributed by atoms with Gasteiger partial charge in [0.2, 0.25) is 0 Å². The quantitative estimate of drug-likeness (QED) is 0.822. The van der Waals surface area contributed by atoms with E-state index in [2.05, 4.69) is 5.10 Å². The third-order valence-electron chi connectivity index (χ3n) is 4.00. The molecule has 1 aliphatic carbocycles. The molecule has 0 radical (unpaired) electrons. The van der Waals surface area contributed by atoms with Gasteiger partial charge < -0.3 is 14.7 Å². The average Bonchev–Trinajstić information content (AvgIpc) is 2.89. The second kappa shape index (κ2) is 5.96. The standard InChI is InChI=1S/C14H19FN4O3/c1-17-4-5-18(9-16-17)13-3-2-10(6-12(13)15)19-7-11(8-20)22-14(19)21/h3,6,9-11,20H,2,4-5,7-8H2,1H3. The van der Waals surface area contributed by atoms with Crippen LogP contribution in [0.15, 0.2) is 28.8 Å². The maximum atomic E-state index is 14.4. The molecule has 0 saturated carbocycles. The van der Waals surface area contributed by atoms with E-state index in [1.807, 2.05) is 7.05 Å². The van der Waals surface area contributed by atoms with Crippen LogP contribution in [0.3, 0.4) is 0 Å². The van der Waals surface area contributed by atoms with Gasteiger partial charge in [0.1, 0.15) is 18.3 Å². The van der Waals surface area contributed by atoms with Gasteiger partial charge in [0.15, 0.2) is 0 Å². The van der Waals surface area contributed by atoms with Crippen LogP contribution in [0.4, 0.5) is 9.18 Å². The highest BCUT2D eigenvalue weighted by Gasteiger charge is 2.36. The van der Waals surface area contributed by atoms with Gasteiger partial charge in [0, 0.05) is 13.6 Å². The Morgan fingerprint density at radius 1 is 1.50 bits per heavy atom.